The van der Waals surface area contributed by atoms with Crippen LogP contribution in [0.4, 0.5) is 0 Å². The molecule has 0 radical (unpaired) electrons. The third-order valence-electron chi connectivity index (χ3n) is 5.50. The number of hydrogen-bond donors (Lipinski definition) is 1. The summed E-state index contributed by atoms with van der Waals surface area (Å²) in [7, 11) is 1.40. The number of rotatable bonds is 10. The fourth-order valence-electron chi connectivity index (χ4n) is 3.86. The van der Waals surface area contributed by atoms with E-state index in [0.717, 1.165) is 17.8 Å². The van der Waals surface area contributed by atoms with Crippen LogP contribution >= 0.6 is 0 Å². The first kappa shape index (κ1) is 24.4. The molecule has 3 rings (SSSR count). The maximum atomic E-state index is 13.0. The Balaban J connectivity index is 1.65. The van der Waals surface area contributed by atoms with E-state index in [0.29, 0.717) is 57.0 Å². The molecule has 33 heavy (non-hydrogen) atoms. The second-order valence-electron chi connectivity index (χ2n) is 7.92. The molecule has 2 aromatic heterocycles. The molecule has 9 nitrogen and oxygen atoms in total. The first-order valence-corrected chi connectivity index (χ1v) is 11.3. The van der Waals surface area contributed by atoms with E-state index in [2.05, 4.69) is 10.5 Å². The van der Waals surface area contributed by atoms with E-state index in [1.165, 1.54) is 13.4 Å². The van der Waals surface area contributed by atoms with Gasteiger partial charge < -0.3 is 24.2 Å². The van der Waals surface area contributed by atoms with Crippen molar-refractivity contribution >= 4 is 17.5 Å². The van der Waals surface area contributed by atoms with Crippen molar-refractivity contribution in [3.8, 4) is 0 Å². The minimum absolute atomic E-state index is 0.0810. The Morgan fingerprint density at radius 1 is 1.24 bits per heavy atom. The van der Waals surface area contributed by atoms with E-state index in [1.807, 2.05) is 26.0 Å². The molecule has 9 heteroatoms. The first-order valence-electron chi connectivity index (χ1n) is 11.3. The molecule has 2 aromatic rings. The molecular weight excluding hydrogens is 424 g/mol. The molecule has 1 N–H and O–H groups in total. The van der Waals surface area contributed by atoms with E-state index in [-0.39, 0.29) is 23.4 Å². The highest BCUT2D eigenvalue weighted by Gasteiger charge is 2.31. The fourth-order valence-corrected chi connectivity index (χ4v) is 3.86. The van der Waals surface area contributed by atoms with Crippen LogP contribution in [0.3, 0.4) is 0 Å². The lowest BCUT2D eigenvalue weighted by Gasteiger charge is -2.32. The zero-order valence-corrected chi connectivity index (χ0v) is 19.5. The summed E-state index contributed by atoms with van der Waals surface area (Å²) in [5, 5.41) is 6.79. The van der Waals surface area contributed by atoms with Crippen LogP contribution < -0.4 is 5.32 Å². The van der Waals surface area contributed by atoms with Crippen molar-refractivity contribution < 1.29 is 23.6 Å². The van der Waals surface area contributed by atoms with Gasteiger partial charge in [0.2, 0.25) is 5.71 Å². The minimum Gasteiger partial charge on any atom is -0.462 e. The van der Waals surface area contributed by atoms with Gasteiger partial charge in [-0.1, -0.05) is 12.1 Å². The first-order chi connectivity index (χ1) is 16.0. The third kappa shape index (κ3) is 6.41. The number of likely N-dealkylation sites (tertiary alicyclic amines) is 1. The summed E-state index contributed by atoms with van der Waals surface area (Å²) in [6, 6.07) is 7.06. The monoisotopic (exact) mass is 456 g/mol. The standard InChI is InChI=1S/C24H32N4O5/c1-4-14-32-16-11-25-23(29)19-8-7-17(2)26-21(19)18-9-12-28(13-10-18)24(30)22(27-31-3)20-6-5-15-33-20/h5-8,15,18H,4,9-14,16H2,1-3H3,(H,25,29). The SMILES string of the molecule is CCCOCCNC(=O)c1ccc(C)nc1C1CCN(C(=O)C(=NOC)c2ccco2)CC1. The Morgan fingerprint density at radius 2 is 2.03 bits per heavy atom. The summed E-state index contributed by atoms with van der Waals surface area (Å²) in [5.41, 5.74) is 2.36. The molecule has 0 bridgehead atoms. The summed E-state index contributed by atoms with van der Waals surface area (Å²) in [6.45, 7) is 6.62. The topological polar surface area (TPSA) is 106 Å². The highest BCUT2D eigenvalue weighted by molar-refractivity contribution is 6.44. The van der Waals surface area contributed by atoms with Crippen molar-refractivity contribution in [3.05, 3.63) is 53.2 Å². The quantitative estimate of drug-likeness (QED) is 0.335. The number of hydrogen-bond acceptors (Lipinski definition) is 7. The number of ether oxygens (including phenoxy) is 1. The lowest BCUT2D eigenvalue weighted by molar-refractivity contribution is -0.125. The number of aryl methyl sites for hydroxylation is 1. The van der Waals surface area contributed by atoms with Gasteiger partial charge in [0.25, 0.3) is 11.8 Å². The molecule has 0 spiro atoms. The smallest absolute Gasteiger partial charge is 0.279 e. The highest BCUT2D eigenvalue weighted by atomic mass is 16.6. The molecule has 1 aliphatic rings. The predicted octanol–water partition coefficient (Wildman–Crippen LogP) is 2.90. The number of piperidine rings is 1. The number of oxime groups is 1. The van der Waals surface area contributed by atoms with Crippen LogP contribution in [0.15, 0.2) is 40.1 Å². The Labute approximate surface area is 194 Å². The molecule has 0 aliphatic carbocycles. The van der Waals surface area contributed by atoms with Gasteiger partial charge in [0.1, 0.15) is 7.11 Å². The van der Waals surface area contributed by atoms with Crippen molar-refractivity contribution in [1.82, 2.24) is 15.2 Å². The van der Waals surface area contributed by atoms with Crippen molar-refractivity contribution in [2.45, 2.75) is 39.0 Å². The zero-order valence-electron chi connectivity index (χ0n) is 19.5. The van der Waals surface area contributed by atoms with E-state index in [4.69, 9.17) is 19.0 Å². The summed E-state index contributed by atoms with van der Waals surface area (Å²) in [4.78, 5) is 37.1. The van der Waals surface area contributed by atoms with Crippen LogP contribution in [0.5, 0.6) is 0 Å². The molecule has 0 aromatic carbocycles. The number of carbonyl (C=O) groups is 2. The van der Waals surface area contributed by atoms with Gasteiger partial charge in [-0.3, -0.25) is 14.6 Å². The van der Waals surface area contributed by atoms with Crippen molar-refractivity contribution in [2.75, 3.05) is 40.0 Å². The molecular formula is C24H32N4O5. The Morgan fingerprint density at radius 3 is 2.70 bits per heavy atom. The van der Waals surface area contributed by atoms with E-state index < -0.39 is 0 Å². The third-order valence-corrected chi connectivity index (χ3v) is 5.50. The highest BCUT2D eigenvalue weighted by Crippen LogP contribution is 2.30. The molecule has 2 amide bonds. The predicted molar refractivity (Wildman–Crippen MR) is 123 cm³/mol. The van der Waals surface area contributed by atoms with E-state index in [9.17, 15) is 9.59 Å². The largest absolute Gasteiger partial charge is 0.462 e. The van der Waals surface area contributed by atoms with Gasteiger partial charge in [0, 0.05) is 37.9 Å². The van der Waals surface area contributed by atoms with E-state index >= 15 is 0 Å². The molecule has 0 saturated carbocycles. The van der Waals surface area contributed by atoms with Crippen LogP contribution in [-0.2, 0) is 14.4 Å². The van der Waals surface area contributed by atoms with Crippen LogP contribution in [0.2, 0.25) is 0 Å². The summed E-state index contributed by atoms with van der Waals surface area (Å²) < 4.78 is 10.8. The molecule has 0 atom stereocenters. The Hall–Kier alpha value is -3.20. The minimum atomic E-state index is -0.243. The molecule has 3 heterocycles. The fraction of sp³-hybridized carbons (Fsp3) is 0.500. The van der Waals surface area contributed by atoms with Crippen LogP contribution in [0, 0.1) is 6.92 Å². The number of nitrogens with zero attached hydrogens (tertiary/aromatic N) is 3. The van der Waals surface area contributed by atoms with Gasteiger partial charge >= 0.3 is 0 Å². The summed E-state index contributed by atoms with van der Waals surface area (Å²) >= 11 is 0. The molecule has 1 saturated heterocycles. The Kier molecular flexibility index (Phi) is 9.00. The molecule has 178 valence electrons. The second kappa shape index (κ2) is 12.2. The molecule has 1 aliphatic heterocycles. The Bertz CT molecular complexity index is 950. The maximum Gasteiger partial charge on any atom is 0.279 e. The van der Waals surface area contributed by atoms with Crippen LogP contribution in [0.25, 0.3) is 0 Å². The average Bonchev–Trinajstić information content (AvgIpc) is 3.36. The van der Waals surface area contributed by atoms with Gasteiger partial charge in [-0.25, -0.2) is 0 Å². The van der Waals surface area contributed by atoms with Gasteiger partial charge in [0.15, 0.2) is 5.76 Å². The maximum absolute atomic E-state index is 13.0. The normalized spacial score (nSPS) is 14.9. The molecule has 1 fully saturated rings. The lowest BCUT2D eigenvalue weighted by Crippen LogP contribution is -2.42. The number of nitrogens with one attached hydrogen (secondary N) is 1. The van der Waals surface area contributed by atoms with Gasteiger partial charge in [-0.2, -0.15) is 0 Å². The molecule has 0 unspecified atom stereocenters. The second-order valence-corrected chi connectivity index (χ2v) is 7.92. The number of carbonyl (C=O) groups excluding carboxylic acids is 2. The van der Waals surface area contributed by atoms with Crippen molar-refractivity contribution in [2.24, 2.45) is 5.16 Å². The summed E-state index contributed by atoms with van der Waals surface area (Å²) in [5.74, 6) is 0.0552. The van der Waals surface area contributed by atoms with Crippen LogP contribution in [0.1, 0.15) is 59.6 Å². The number of amides is 2. The van der Waals surface area contributed by atoms with Gasteiger partial charge in [0.05, 0.1) is 24.1 Å². The van der Waals surface area contributed by atoms with Crippen LogP contribution in [-0.4, -0.2) is 67.4 Å². The lowest BCUT2D eigenvalue weighted by atomic mass is 9.89. The number of pyridine rings is 1. The van der Waals surface area contributed by atoms with Gasteiger partial charge in [-0.15, -0.1) is 0 Å². The number of furan rings is 1. The van der Waals surface area contributed by atoms with E-state index in [1.54, 1.807) is 17.0 Å². The average molecular weight is 457 g/mol. The zero-order chi connectivity index (χ0) is 23.6. The van der Waals surface area contributed by atoms with Crippen molar-refractivity contribution in [3.63, 3.8) is 0 Å². The number of aromatic nitrogens is 1. The van der Waals surface area contributed by atoms with Crippen molar-refractivity contribution in [1.29, 1.82) is 0 Å². The van der Waals surface area contributed by atoms with Gasteiger partial charge in [-0.05, 0) is 50.5 Å². The summed E-state index contributed by atoms with van der Waals surface area (Å²) in [6.07, 6.45) is 3.83.